The van der Waals surface area contributed by atoms with Crippen LogP contribution in [0, 0.1) is 5.92 Å². The molecule has 14 heavy (non-hydrogen) atoms. The summed E-state index contributed by atoms with van der Waals surface area (Å²) in [4.78, 5) is 2.59. The van der Waals surface area contributed by atoms with Crippen molar-refractivity contribution in [1.82, 2.24) is 10.2 Å². The Hall–Kier alpha value is -0.0800. The third kappa shape index (κ3) is 2.71. The van der Waals surface area contributed by atoms with Gasteiger partial charge < -0.3 is 10.2 Å². The zero-order chi connectivity index (χ0) is 9.80. The summed E-state index contributed by atoms with van der Waals surface area (Å²) in [5.41, 5.74) is 0. The van der Waals surface area contributed by atoms with Crippen LogP contribution in [0.2, 0.25) is 0 Å². The lowest BCUT2D eigenvalue weighted by molar-refractivity contribution is 0.191. The Morgan fingerprint density at radius 3 is 2.57 bits per heavy atom. The molecule has 1 saturated heterocycles. The first-order chi connectivity index (χ1) is 6.86. The molecular formula is C12H24N2. The van der Waals surface area contributed by atoms with Crippen LogP contribution in [-0.2, 0) is 0 Å². The second-order valence-electron chi connectivity index (χ2n) is 5.09. The fourth-order valence-electron chi connectivity index (χ4n) is 2.94. The van der Waals surface area contributed by atoms with Gasteiger partial charge in [0.15, 0.2) is 0 Å². The molecule has 0 radical (unpaired) electrons. The van der Waals surface area contributed by atoms with Crippen LogP contribution in [0.3, 0.4) is 0 Å². The first kappa shape index (κ1) is 10.4. The molecule has 2 nitrogen and oxygen atoms in total. The maximum Gasteiger partial charge on any atom is 0.0229 e. The summed E-state index contributed by atoms with van der Waals surface area (Å²) >= 11 is 0. The summed E-state index contributed by atoms with van der Waals surface area (Å²) in [6, 6.07) is 0.817. The van der Waals surface area contributed by atoms with Crippen molar-refractivity contribution in [2.45, 2.75) is 44.6 Å². The highest BCUT2D eigenvalue weighted by atomic mass is 15.2. The Balaban J connectivity index is 1.72. The Kier molecular flexibility index (Phi) is 3.82. The van der Waals surface area contributed by atoms with Crippen LogP contribution >= 0.6 is 0 Å². The molecule has 0 aromatic carbocycles. The minimum Gasteiger partial charge on any atom is -0.315 e. The van der Waals surface area contributed by atoms with E-state index < -0.39 is 0 Å². The van der Waals surface area contributed by atoms with E-state index in [-0.39, 0.29) is 0 Å². The third-order valence-electron chi connectivity index (χ3n) is 3.93. The summed E-state index contributed by atoms with van der Waals surface area (Å²) < 4.78 is 0. The van der Waals surface area contributed by atoms with E-state index in [1.807, 2.05) is 0 Å². The maximum atomic E-state index is 3.45. The van der Waals surface area contributed by atoms with Crippen LogP contribution < -0.4 is 5.32 Å². The van der Waals surface area contributed by atoms with Gasteiger partial charge in [0.2, 0.25) is 0 Å². The van der Waals surface area contributed by atoms with Gasteiger partial charge in [0.1, 0.15) is 0 Å². The molecule has 0 aromatic heterocycles. The van der Waals surface area contributed by atoms with Crippen LogP contribution in [0.25, 0.3) is 0 Å². The Bertz CT molecular complexity index is 158. The largest absolute Gasteiger partial charge is 0.315 e. The van der Waals surface area contributed by atoms with E-state index in [9.17, 15) is 0 Å². The van der Waals surface area contributed by atoms with E-state index in [4.69, 9.17) is 0 Å². The molecule has 0 amide bonds. The molecule has 1 unspecified atom stereocenters. The van der Waals surface area contributed by atoms with Gasteiger partial charge >= 0.3 is 0 Å². The van der Waals surface area contributed by atoms with Crippen molar-refractivity contribution in [3.63, 3.8) is 0 Å². The molecular weight excluding hydrogens is 172 g/mol. The predicted molar refractivity (Wildman–Crippen MR) is 60.5 cm³/mol. The van der Waals surface area contributed by atoms with Gasteiger partial charge in [-0.2, -0.15) is 0 Å². The molecule has 2 aliphatic rings. The van der Waals surface area contributed by atoms with Gasteiger partial charge in [-0.3, -0.25) is 0 Å². The minimum absolute atomic E-state index is 0.817. The molecule has 0 bridgehead atoms. The van der Waals surface area contributed by atoms with Gasteiger partial charge in [-0.15, -0.1) is 0 Å². The quantitative estimate of drug-likeness (QED) is 0.741. The maximum absolute atomic E-state index is 3.45. The van der Waals surface area contributed by atoms with Crippen molar-refractivity contribution >= 4 is 0 Å². The molecule has 2 heteroatoms. The highest BCUT2D eigenvalue weighted by molar-refractivity contribution is 4.80. The van der Waals surface area contributed by atoms with E-state index in [0.717, 1.165) is 12.0 Å². The number of hydrogen-bond acceptors (Lipinski definition) is 2. The molecule has 1 aliphatic heterocycles. The average molecular weight is 196 g/mol. The molecule has 1 saturated carbocycles. The van der Waals surface area contributed by atoms with E-state index in [1.165, 1.54) is 58.2 Å². The lowest BCUT2D eigenvalue weighted by Crippen LogP contribution is -2.37. The zero-order valence-corrected chi connectivity index (χ0v) is 9.47. The summed E-state index contributed by atoms with van der Waals surface area (Å²) in [6.45, 7) is 3.77. The van der Waals surface area contributed by atoms with E-state index >= 15 is 0 Å². The number of likely N-dealkylation sites (N-methyl/N-ethyl adjacent to an activating group) is 1. The van der Waals surface area contributed by atoms with Gasteiger partial charge in [0.25, 0.3) is 0 Å². The van der Waals surface area contributed by atoms with Gasteiger partial charge in [0, 0.05) is 19.1 Å². The van der Waals surface area contributed by atoms with Crippen molar-refractivity contribution in [3.05, 3.63) is 0 Å². The first-order valence-electron chi connectivity index (χ1n) is 6.27. The first-order valence-corrected chi connectivity index (χ1v) is 6.27. The molecule has 0 spiro atoms. The SMILES string of the molecule is CN(CC1CCCCC1)C1CCNC1. The summed E-state index contributed by atoms with van der Waals surface area (Å²) in [5, 5.41) is 3.45. The topological polar surface area (TPSA) is 15.3 Å². The highest BCUT2D eigenvalue weighted by Gasteiger charge is 2.22. The smallest absolute Gasteiger partial charge is 0.0229 e. The molecule has 1 heterocycles. The van der Waals surface area contributed by atoms with E-state index in [1.54, 1.807) is 0 Å². The minimum atomic E-state index is 0.817. The Morgan fingerprint density at radius 1 is 1.14 bits per heavy atom. The molecule has 82 valence electrons. The van der Waals surface area contributed by atoms with Crippen LogP contribution in [0.1, 0.15) is 38.5 Å². The molecule has 1 N–H and O–H groups in total. The van der Waals surface area contributed by atoms with E-state index in [2.05, 4.69) is 17.3 Å². The number of rotatable bonds is 3. The summed E-state index contributed by atoms with van der Waals surface area (Å²) in [6.07, 6.45) is 8.73. The monoisotopic (exact) mass is 196 g/mol. The fourth-order valence-corrected chi connectivity index (χ4v) is 2.94. The van der Waals surface area contributed by atoms with Crippen molar-refractivity contribution in [2.24, 2.45) is 5.92 Å². The summed E-state index contributed by atoms with van der Waals surface area (Å²) in [5.74, 6) is 0.995. The van der Waals surface area contributed by atoms with Gasteiger partial charge in [-0.1, -0.05) is 19.3 Å². The van der Waals surface area contributed by atoms with Gasteiger partial charge in [0.05, 0.1) is 0 Å². The summed E-state index contributed by atoms with van der Waals surface area (Å²) in [7, 11) is 2.31. The van der Waals surface area contributed by atoms with Crippen molar-refractivity contribution < 1.29 is 0 Å². The van der Waals surface area contributed by atoms with Gasteiger partial charge in [-0.05, 0) is 38.8 Å². The van der Waals surface area contributed by atoms with E-state index in [0.29, 0.717) is 0 Å². The van der Waals surface area contributed by atoms with Gasteiger partial charge in [-0.25, -0.2) is 0 Å². The second kappa shape index (κ2) is 5.13. The van der Waals surface area contributed by atoms with Crippen LogP contribution in [0.15, 0.2) is 0 Å². The molecule has 1 atom stereocenters. The lowest BCUT2D eigenvalue weighted by Gasteiger charge is -2.30. The zero-order valence-electron chi connectivity index (χ0n) is 9.47. The molecule has 1 aliphatic carbocycles. The van der Waals surface area contributed by atoms with Crippen LogP contribution in [-0.4, -0.2) is 37.6 Å². The Labute approximate surface area is 88.1 Å². The van der Waals surface area contributed by atoms with Crippen molar-refractivity contribution in [1.29, 1.82) is 0 Å². The molecule has 2 rings (SSSR count). The van der Waals surface area contributed by atoms with Crippen LogP contribution in [0.4, 0.5) is 0 Å². The lowest BCUT2D eigenvalue weighted by atomic mass is 9.89. The number of nitrogens with zero attached hydrogens (tertiary/aromatic N) is 1. The number of hydrogen-bond donors (Lipinski definition) is 1. The standard InChI is InChI=1S/C12H24N2/c1-14(12-7-8-13-9-12)10-11-5-3-2-4-6-11/h11-13H,2-10H2,1H3. The highest BCUT2D eigenvalue weighted by Crippen LogP contribution is 2.25. The van der Waals surface area contributed by atoms with Crippen LogP contribution in [0.5, 0.6) is 0 Å². The van der Waals surface area contributed by atoms with Crippen molar-refractivity contribution in [2.75, 3.05) is 26.7 Å². The third-order valence-corrected chi connectivity index (χ3v) is 3.93. The molecule has 0 aromatic rings. The average Bonchev–Trinajstić information content (AvgIpc) is 2.72. The van der Waals surface area contributed by atoms with Crippen molar-refractivity contribution in [3.8, 4) is 0 Å². The predicted octanol–water partition coefficient (Wildman–Crippen LogP) is 1.86. The number of nitrogens with one attached hydrogen (secondary N) is 1. The fraction of sp³-hybridized carbons (Fsp3) is 1.00. The molecule has 2 fully saturated rings. The Morgan fingerprint density at radius 2 is 1.93 bits per heavy atom. The second-order valence-corrected chi connectivity index (χ2v) is 5.09. The normalized spacial score (nSPS) is 30.0.